The maximum Gasteiger partial charge on any atom is 0.245 e. The number of hydrogen-bond donors (Lipinski definition) is 2. The minimum absolute atomic E-state index is 0.146. The Morgan fingerprint density at radius 1 is 1.32 bits per heavy atom. The fourth-order valence-electron chi connectivity index (χ4n) is 3.31. The predicted octanol–water partition coefficient (Wildman–Crippen LogP) is 2.42. The number of ether oxygens (including phenoxy) is 2. The Morgan fingerprint density at radius 3 is 2.90 bits per heavy atom. The number of carbonyl (C=O) groups is 1. The summed E-state index contributed by atoms with van der Waals surface area (Å²) in [6, 6.07) is 8.07. The van der Waals surface area contributed by atoms with Crippen molar-refractivity contribution in [3.05, 3.63) is 35.6 Å². The molecule has 1 amide bonds. The average Bonchev–Trinajstić information content (AvgIpc) is 3.45. The highest BCUT2D eigenvalue weighted by molar-refractivity contribution is 6.05. The lowest BCUT2D eigenvalue weighted by Crippen LogP contribution is -2.41. The van der Waals surface area contributed by atoms with Crippen LogP contribution >= 0.6 is 0 Å². The molecule has 3 rings (SSSR count). The van der Waals surface area contributed by atoms with Crippen molar-refractivity contribution < 1.29 is 18.7 Å². The quantitative estimate of drug-likeness (QED) is 0.302. The fraction of sp³-hybridized carbons (Fsp3) is 0.609. The summed E-state index contributed by atoms with van der Waals surface area (Å²) in [5.74, 6) is -0.478. The van der Waals surface area contributed by atoms with Crippen molar-refractivity contribution in [2.24, 2.45) is 22.7 Å². The number of rotatable bonds is 12. The first-order valence-corrected chi connectivity index (χ1v) is 11.0. The van der Waals surface area contributed by atoms with Gasteiger partial charge >= 0.3 is 0 Å². The number of nitrogens with one attached hydrogen (secondary N) is 2. The molecule has 7 nitrogen and oxygen atoms in total. The zero-order chi connectivity index (χ0) is 21.9. The monoisotopic (exact) mass is 430 g/mol. The van der Waals surface area contributed by atoms with E-state index in [9.17, 15) is 14.4 Å². The van der Waals surface area contributed by atoms with Crippen LogP contribution in [0.5, 0.6) is 0 Å². The summed E-state index contributed by atoms with van der Waals surface area (Å²) in [4.78, 5) is 17.3. The van der Waals surface area contributed by atoms with Gasteiger partial charge in [-0.3, -0.25) is 9.79 Å². The maximum atomic E-state index is 13.4. The van der Waals surface area contributed by atoms with Crippen molar-refractivity contribution in [1.29, 1.82) is 5.26 Å². The van der Waals surface area contributed by atoms with Gasteiger partial charge in [0.25, 0.3) is 0 Å². The molecule has 2 unspecified atom stereocenters. The third-order valence-electron chi connectivity index (χ3n) is 5.39. The number of amidine groups is 1. The van der Waals surface area contributed by atoms with E-state index in [4.69, 9.17) is 9.47 Å². The van der Waals surface area contributed by atoms with Crippen LogP contribution in [0.1, 0.15) is 31.2 Å². The van der Waals surface area contributed by atoms with Gasteiger partial charge in [-0.2, -0.15) is 5.26 Å². The summed E-state index contributed by atoms with van der Waals surface area (Å²) in [7, 11) is 0. The highest BCUT2D eigenvalue weighted by atomic mass is 19.1. The first-order valence-electron chi connectivity index (χ1n) is 11.0. The van der Waals surface area contributed by atoms with E-state index in [2.05, 4.69) is 21.7 Å². The molecule has 0 aromatic heterocycles. The van der Waals surface area contributed by atoms with Crippen LogP contribution in [-0.4, -0.2) is 51.3 Å². The standard InChI is InChI=1S/C23H31FN4O3/c24-20-4-1-3-18(11-20)13-28-23(29)21(12-25)22(27-14-19-7-10-31-16-19)26-8-2-9-30-15-17-5-6-17/h1,3-4,11,17,19,21H,2,5-10,13-16H2,(H,26,27)(H,28,29). The Hall–Kier alpha value is -2.50. The van der Waals surface area contributed by atoms with Gasteiger partial charge in [-0.15, -0.1) is 0 Å². The molecule has 2 aliphatic rings. The van der Waals surface area contributed by atoms with E-state index in [0.29, 0.717) is 43.6 Å². The largest absolute Gasteiger partial charge is 0.381 e. The normalized spacial score (nSPS) is 19.6. The summed E-state index contributed by atoms with van der Waals surface area (Å²) < 4.78 is 24.4. The Morgan fingerprint density at radius 2 is 2.19 bits per heavy atom. The zero-order valence-electron chi connectivity index (χ0n) is 17.8. The number of halogens is 1. The van der Waals surface area contributed by atoms with E-state index in [0.717, 1.165) is 32.0 Å². The van der Waals surface area contributed by atoms with Crippen LogP contribution < -0.4 is 10.6 Å². The van der Waals surface area contributed by atoms with Gasteiger partial charge in [0.1, 0.15) is 11.7 Å². The fourth-order valence-corrected chi connectivity index (χ4v) is 3.31. The molecule has 2 atom stereocenters. The third kappa shape index (κ3) is 8.27. The lowest BCUT2D eigenvalue weighted by atomic mass is 10.1. The van der Waals surface area contributed by atoms with Crippen LogP contribution in [0.2, 0.25) is 0 Å². The zero-order valence-corrected chi connectivity index (χ0v) is 17.8. The van der Waals surface area contributed by atoms with Gasteiger partial charge in [0, 0.05) is 45.4 Å². The van der Waals surface area contributed by atoms with Crippen molar-refractivity contribution in [2.75, 3.05) is 39.5 Å². The van der Waals surface area contributed by atoms with E-state index in [1.54, 1.807) is 12.1 Å². The molecule has 2 N–H and O–H groups in total. The van der Waals surface area contributed by atoms with Crippen LogP contribution in [0, 0.1) is 34.9 Å². The maximum absolute atomic E-state index is 13.4. The summed E-state index contributed by atoms with van der Waals surface area (Å²) in [6.07, 6.45) is 4.21. The van der Waals surface area contributed by atoms with Crippen molar-refractivity contribution in [3.8, 4) is 6.07 Å². The summed E-state index contributed by atoms with van der Waals surface area (Å²) in [6.45, 7) is 4.04. The van der Waals surface area contributed by atoms with E-state index < -0.39 is 11.8 Å². The number of nitriles is 1. The molecule has 1 aliphatic carbocycles. The molecule has 1 saturated heterocycles. The number of aliphatic imine (C=N–C) groups is 1. The summed E-state index contributed by atoms with van der Waals surface area (Å²) >= 11 is 0. The van der Waals surface area contributed by atoms with Crippen LogP contribution in [0.25, 0.3) is 0 Å². The number of amides is 1. The Labute approximate surface area is 183 Å². The van der Waals surface area contributed by atoms with Gasteiger partial charge in [0.15, 0.2) is 5.92 Å². The van der Waals surface area contributed by atoms with Gasteiger partial charge in [0.2, 0.25) is 5.91 Å². The van der Waals surface area contributed by atoms with E-state index in [1.165, 1.54) is 25.0 Å². The molecule has 1 aliphatic heterocycles. The SMILES string of the molecule is N#CC(C(=O)NCc1cccc(F)c1)C(=NCC1CCOC1)NCCCOCC1CC1. The molecule has 8 heteroatoms. The molecule has 1 aromatic carbocycles. The van der Waals surface area contributed by atoms with Crippen LogP contribution in [0.4, 0.5) is 4.39 Å². The molecule has 2 fully saturated rings. The first kappa shape index (κ1) is 23.2. The average molecular weight is 431 g/mol. The first-order chi connectivity index (χ1) is 15.2. The van der Waals surface area contributed by atoms with E-state index >= 15 is 0 Å². The predicted molar refractivity (Wildman–Crippen MR) is 115 cm³/mol. The second-order valence-electron chi connectivity index (χ2n) is 8.16. The van der Waals surface area contributed by atoms with Crippen molar-refractivity contribution in [3.63, 3.8) is 0 Å². The van der Waals surface area contributed by atoms with Crippen LogP contribution in [-0.2, 0) is 20.8 Å². The number of hydrogen-bond acceptors (Lipinski definition) is 5. The Bertz CT molecular complexity index is 785. The molecular formula is C23H31FN4O3. The molecule has 31 heavy (non-hydrogen) atoms. The molecule has 0 bridgehead atoms. The van der Waals surface area contributed by atoms with E-state index in [1.807, 2.05) is 0 Å². The van der Waals surface area contributed by atoms with Crippen molar-refractivity contribution in [1.82, 2.24) is 10.6 Å². The highest BCUT2D eigenvalue weighted by Crippen LogP contribution is 2.28. The topological polar surface area (TPSA) is 95.7 Å². The smallest absolute Gasteiger partial charge is 0.245 e. The van der Waals surface area contributed by atoms with Crippen molar-refractivity contribution in [2.45, 2.75) is 32.2 Å². The summed E-state index contributed by atoms with van der Waals surface area (Å²) in [5, 5.41) is 15.6. The van der Waals surface area contributed by atoms with Crippen molar-refractivity contribution >= 4 is 11.7 Å². The molecule has 0 spiro atoms. The Kier molecular flexibility index (Phi) is 9.25. The summed E-state index contributed by atoms with van der Waals surface area (Å²) in [5.41, 5.74) is 0.632. The minimum atomic E-state index is -1.05. The minimum Gasteiger partial charge on any atom is -0.381 e. The lowest BCUT2D eigenvalue weighted by molar-refractivity contribution is -0.122. The van der Waals surface area contributed by atoms with Crippen LogP contribution in [0.15, 0.2) is 29.3 Å². The second kappa shape index (κ2) is 12.4. The lowest BCUT2D eigenvalue weighted by Gasteiger charge is -2.16. The Balaban J connectivity index is 1.53. The third-order valence-corrected chi connectivity index (χ3v) is 5.39. The van der Waals surface area contributed by atoms with Gasteiger partial charge < -0.3 is 20.1 Å². The number of nitrogens with zero attached hydrogens (tertiary/aromatic N) is 2. The molecule has 0 radical (unpaired) electrons. The molecule has 168 valence electrons. The van der Waals surface area contributed by atoms with E-state index in [-0.39, 0.29) is 12.4 Å². The van der Waals surface area contributed by atoms with Crippen LogP contribution in [0.3, 0.4) is 0 Å². The van der Waals surface area contributed by atoms with Gasteiger partial charge in [0.05, 0.1) is 12.7 Å². The number of benzene rings is 1. The highest BCUT2D eigenvalue weighted by Gasteiger charge is 2.25. The van der Waals surface area contributed by atoms with Gasteiger partial charge in [-0.25, -0.2) is 4.39 Å². The van der Waals surface area contributed by atoms with Gasteiger partial charge in [-0.1, -0.05) is 12.1 Å². The molecular weight excluding hydrogens is 399 g/mol. The molecule has 1 saturated carbocycles. The number of carbonyl (C=O) groups excluding carboxylic acids is 1. The second-order valence-corrected chi connectivity index (χ2v) is 8.16. The molecule has 1 heterocycles. The molecule has 1 aromatic rings. The van der Waals surface area contributed by atoms with Gasteiger partial charge in [-0.05, 0) is 49.3 Å².